The number of benzene rings is 1. The van der Waals surface area contributed by atoms with Gasteiger partial charge in [-0.3, -0.25) is 4.79 Å². The van der Waals surface area contributed by atoms with E-state index in [0.29, 0.717) is 11.0 Å². The molecule has 0 bridgehead atoms. The van der Waals surface area contributed by atoms with Crippen molar-refractivity contribution < 1.29 is 9.90 Å². The van der Waals surface area contributed by atoms with Crippen molar-refractivity contribution in [2.75, 3.05) is 6.54 Å². The summed E-state index contributed by atoms with van der Waals surface area (Å²) in [6, 6.07) is 4.86. The van der Waals surface area contributed by atoms with E-state index >= 15 is 0 Å². The maximum absolute atomic E-state index is 12.1. The predicted octanol–water partition coefficient (Wildman–Crippen LogP) is 3.01. The number of aryl methyl sites for hydroxylation is 1. The quantitative estimate of drug-likeness (QED) is 0.840. The van der Waals surface area contributed by atoms with E-state index in [1.54, 1.807) is 18.2 Å². The molecule has 1 amide bonds. The Morgan fingerprint density at radius 3 is 2.72 bits per heavy atom. The van der Waals surface area contributed by atoms with E-state index < -0.39 is 0 Å². The predicted molar refractivity (Wildman–Crippen MR) is 71.8 cm³/mol. The van der Waals surface area contributed by atoms with Crippen molar-refractivity contribution in [3.63, 3.8) is 0 Å². The topological polar surface area (TPSA) is 49.3 Å². The van der Waals surface area contributed by atoms with Gasteiger partial charge in [-0.25, -0.2) is 0 Å². The van der Waals surface area contributed by atoms with Crippen LogP contribution in [0.25, 0.3) is 0 Å². The number of hydrogen-bond donors (Lipinski definition) is 2. The number of nitrogens with one attached hydrogen (secondary N) is 1. The average Bonchev–Trinajstić information content (AvgIpc) is 3.07. The second kappa shape index (κ2) is 5.01. The first-order valence-corrected chi connectivity index (χ1v) is 6.64. The molecule has 1 aromatic rings. The maximum atomic E-state index is 12.1. The van der Waals surface area contributed by atoms with Crippen molar-refractivity contribution in [1.82, 2.24) is 5.32 Å². The molecule has 0 heterocycles. The molecular formula is C15H21NO2. The molecule has 2 N–H and O–H groups in total. The molecular weight excluding hydrogens is 226 g/mol. The first kappa shape index (κ1) is 12.9. The summed E-state index contributed by atoms with van der Waals surface area (Å²) in [4.78, 5) is 12.1. The van der Waals surface area contributed by atoms with Gasteiger partial charge >= 0.3 is 0 Å². The molecule has 0 spiro atoms. The summed E-state index contributed by atoms with van der Waals surface area (Å²) >= 11 is 0. The lowest BCUT2D eigenvalue weighted by Crippen LogP contribution is -2.30. The SMILES string of the molecule is CCCC1(CNC(=O)c2ccc(O)cc2C)CC1. The summed E-state index contributed by atoms with van der Waals surface area (Å²) in [5.74, 6) is 0.170. The third kappa shape index (κ3) is 2.84. The molecule has 1 fully saturated rings. The van der Waals surface area contributed by atoms with Crippen LogP contribution < -0.4 is 5.32 Å². The van der Waals surface area contributed by atoms with Crippen LogP contribution in [0.15, 0.2) is 18.2 Å². The molecule has 3 nitrogen and oxygen atoms in total. The minimum Gasteiger partial charge on any atom is -0.508 e. The second-order valence-electron chi connectivity index (χ2n) is 5.43. The van der Waals surface area contributed by atoms with Crippen LogP contribution in [-0.4, -0.2) is 17.6 Å². The highest BCUT2D eigenvalue weighted by atomic mass is 16.3. The van der Waals surface area contributed by atoms with E-state index in [1.807, 2.05) is 6.92 Å². The van der Waals surface area contributed by atoms with Crippen LogP contribution in [0.1, 0.15) is 48.5 Å². The fourth-order valence-corrected chi connectivity index (χ4v) is 2.49. The Balaban J connectivity index is 1.96. The number of phenolic OH excluding ortho intramolecular Hbond substituents is 1. The minimum atomic E-state index is -0.0325. The molecule has 3 heteroatoms. The zero-order valence-corrected chi connectivity index (χ0v) is 11.1. The summed E-state index contributed by atoms with van der Waals surface area (Å²) in [5.41, 5.74) is 1.84. The Morgan fingerprint density at radius 1 is 1.44 bits per heavy atom. The lowest BCUT2D eigenvalue weighted by molar-refractivity contribution is 0.0943. The number of amides is 1. The van der Waals surface area contributed by atoms with Gasteiger partial charge in [0, 0.05) is 12.1 Å². The van der Waals surface area contributed by atoms with Crippen LogP contribution in [0.5, 0.6) is 5.75 Å². The number of hydrogen-bond acceptors (Lipinski definition) is 2. The summed E-state index contributed by atoms with van der Waals surface area (Å²) in [6.45, 7) is 4.81. The smallest absolute Gasteiger partial charge is 0.251 e. The molecule has 18 heavy (non-hydrogen) atoms. The number of aromatic hydroxyl groups is 1. The van der Waals surface area contributed by atoms with Gasteiger partial charge in [-0.1, -0.05) is 13.3 Å². The molecule has 1 aliphatic carbocycles. The molecule has 0 unspecified atom stereocenters. The number of carbonyl (C=O) groups excluding carboxylic acids is 1. The Kier molecular flexibility index (Phi) is 3.60. The zero-order chi connectivity index (χ0) is 13.2. The van der Waals surface area contributed by atoms with Crippen LogP contribution in [0.4, 0.5) is 0 Å². The molecule has 0 radical (unpaired) electrons. The van der Waals surface area contributed by atoms with Gasteiger partial charge in [0.25, 0.3) is 5.91 Å². The summed E-state index contributed by atoms with van der Waals surface area (Å²) in [6.07, 6.45) is 4.83. The van der Waals surface area contributed by atoms with Crippen molar-refractivity contribution in [2.24, 2.45) is 5.41 Å². The molecule has 1 aromatic carbocycles. The molecule has 0 saturated heterocycles. The highest BCUT2D eigenvalue weighted by Crippen LogP contribution is 2.48. The Labute approximate surface area is 108 Å². The molecule has 0 aliphatic heterocycles. The van der Waals surface area contributed by atoms with Crippen LogP contribution >= 0.6 is 0 Å². The largest absolute Gasteiger partial charge is 0.508 e. The average molecular weight is 247 g/mol. The molecule has 0 aromatic heterocycles. The van der Waals surface area contributed by atoms with Crippen LogP contribution in [-0.2, 0) is 0 Å². The Hall–Kier alpha value is -1.51. The highest BCUT2D eigenvalue weighted by Gasteiger charge is 2.41. The van der Waals surface area contributed by atoms with Gasteiger partial charge in [-0.05, 0) is 55.4 Å². The normalized spacial score (nSPS) is 16.3. The van der Waals surface area contributed by atoms with Crippen molar-refractivity contribution >= 4 is 5.91 Å². The lowest BCUT2D eigenvalue weighted by Gasteiger charge is -2.15. The van der Waals surface area contributed by atoms with E-state index in [9.17, 15) is 9.90 Å². The van der Waals surface area contributed by atoms with Crippen molar-refractivity contribution in [3.05, 3.63) is 29.3 Å². The molecule has 1 saturated carbocycles. The lowest BCUT2D eigenvalue weighted by atomic mass is 10.0. The summed E-state index contributed by atoms with van der Waals surface area (Å²) in [5, 5.41) is 12.4. The second-order valence-corrected chi connectivity index (χ2v) is 5.43. The van der Waals surface area contributed by atoms with Gasteiger partial charge in [-0.15, -0.1) is 0 Å². The van der Waals surface area contributed by atoms with E-state index in [4.69, 9.17) is 0 Å². The number of phenols is 1. The summed E-state index contributed by atoms with van der Waals surface area (Å²) in [7, 11) is 0. The van der Waals surface area contributed by atoms with E-state index in [2.05, 4.69) is 12.2 Å². The van der Waals surface area contributed by atoms with E-state index in [0.717, 1.165) is 12.1 Å². The standard InChI is InChI=1S/C15H21NO2/c1-3-6-15(7-8-15)10-16-14(18)13-5-4-12(17)9-11(13)2/h4-5,9,17H,3,6-8,10H2,1-2H3,(H,16,18). The molecule has 2 rings (SSSR count). The monoisotopic (exact) mass is 247 g/mol. The van der Waals surface area contributed by atoms with Gasteiger partial charge < -0.3 is 10.4 Å². The van der Waals surface area contributed by atoms with Crippen molar-refractivity contribution in [2.45, 2.75) is 39.5 Å². The zero-order valence-electron chi connectivity index (χ0n) is 11.1. The summed E-state index contributed by atoms with van der Waals surface area (Å²) < 4.78 is 0. The van der Waals surface area contributed by atoms with Gasteiger partial charge in [0.1, 0.15) is 5.75 Å². The van der Waals surface area contributed by atoms with Crippen LogP contribution in [0.2, 0.25) is 0 Å². The molecule has 98 valence electrons. The minimum absolute atomic E-state index is 0.0325. The number of rotatable bonds is 5. The van der Waals surface area contributed by atoms with Gasteiger partial charge in [0.15, 0.2) is 0 Å². The molecule has 1 aliphatic rings. The molecule has 0 atom stereocenters. The van der Waals surface area contributed by atoms with Gasteiger partial charge in [-0.2, -0.15) is 0 Å². The van der Waals surface area contributed by atoms with Crippen molar-refractivity contribution in [3.8, 4) is 5.75 Å². The third-order valence-corrected chi connectivity index (χ3v) is 3.82. The van der Waals surface area contributed by atoms with Crippen LogP contribution in [0.3, 0.4) is 0 Å². The fourth-order valence-electron chi connectivity index (χ4n) is 2.49. The Morgan fingerprint density at radius 2 is 2.17 bits per heavy atom. The van der Waals surface area contributed by atoms with Gasteiger partial charge in [0.05, 0.1) is 0 Å². The first-order valence-electron chi connectivity index (χ1n) is 6.64. The Bertz CT molecular complexity index is 450. The highest BCUT2D eigenvalue weighted by molar-refractivity contribution is 5.95. The van der Waals surface area contributed by atoms with E-state index in [1.165, 1.54) is 25.7 Å². The van der Waals surface area contributed by atoms with Crippen LogP contribution in [0, 0.1) is 12.3 Å². The van der Waals surface area contributed by atoms with Crippen molar-refractivity contribution in [1.29, 1.82) is 0 Å². The maximum Gasteiger partial charge on any atom is 0.251 e. The number of carbonyl (C=O) groups is 1. The first-order chi connectivity index (χ1) is 8.56. The fraction of sp³-hybridized carbons (Fsp3) is 0.533. The van der Waals surface area contributed by atoms with E-state index in [-0.39, 0.29) is 11.7 Å². The third-order valence-electron chi connectivity index (χ3n) is 3.82. The van der Waals surface area contributed by atoms with Gasteiger partial charge in [0.2, 0.25) is 0 Å².